The topological polar surface area (TPSA) is 101 Å². The van der Waals surface area contributed by atoms with E-state index in [1.807, 2.05) is 48.5 Å². The Bertz CT molecular complexity index is 1450. The molecule has 1 aliphatic heterocycles. The van der Waals surface area contributed by atoms with E-state index in [9.17, 15) is 13.2 Å². The van der Waals surface area contributed by atoms with Gasteiger partial charge in [0.05, 0.1) is 21.6 Å². The fraction of sp³-hybridized carbons (Fsp3) is 0.320. The number of benzene rings is 3. The molecule has 178 valence electrons. The van der Waals surface area contributed by atoms with Crippen LogP contribution in [0, 0.1) is 0 Å². The second kappa shape index (κ2) is 9.61. The van der Waals surface area contributed by atoms with Crippen LogP contribution in [0.3, 0.4) is 0 Å². The summed E-state index contributed by atoms with van der Waals surface area (Å²) in [5.41, 5.74) is 2.56. The molecule has 0 atom stereocenters. The first kappa shape index (κ1) is 22.6. The summed E-state index contributed by atoms with van der Waals surface area (Å²) in [6.07, 6.45) is 1.72. The largest absolute Gasteiger partial charge is 0.367 e. The van der Waals surface area contributed by atoms with Crippen LogP contribution in [0.1, 0.15) is 12.8 Å². The minimum absolute atomic E-state index is 0.183. The van der Waals surface area contributed by atoms with Gasteiger partial charge in [0, 0.05) is 38.1 Å². The molecule has 1 aromatic heterocycles. The van der Waals surface area contributed by atoms with Gasteiger partial charge < -0.3 is 14.9 Å². The lowest BCUT2D eigenvalue weighted by atomic mass is 10.1. The molecule has 34 heavy (non-hydrogen) atoms. The highest BCUT2D eigenvalue weighted by Crippen LogP contribution is 2.25. The van der Waals surface area contributed by atoms with Gasteiger partial charge in [-0.05, 0) is 43.0 Å². The Morgan fingerprint density at radius 2 is 1.62 bits per heavy atom. The minimum atomic E-state index is -3.54. The summed E-state index contributed by atoms with van der Waals surface area (Å²) in [5, 5.41) is 1.67. The van der Waals surface area contributed by atoms with Crippen molar-refractivity contribution in [1.82, 2.24) is 19.6 Å². The van der Waals surface area contributed by atoms with Crippen molar-refractivity contribution in [2.45, 2.75) is 17.7 Å². The molecule has 1 saturated heterocycles. The monoisotopic (exact) mass is 479 g/mol. The third kappa shape index (κ3) is 4.72. The lowest BCUT2D eigenvalue weighted by Gasteiger charge is -2.36. The lowest BCUT2D eigenvalue weighted by molar-refractivity contribution is 0.253. The molecule has 0 spiro atoms. The highest BCUT2D eigenvalue weighted by atomic mass is 32.2. The van der Waals surface area contributed by atoms with E-state index in [2.05, 4.69) is 24.5 Å². The van der Waals surface area contributed by atoms with E-state index in [4.69, 9.17) is 0 Å². The average Bonchev–Trinajstić information content (AvgIpc) is 3.24. The van der Waals surface area contributed by atoms with Crippen LogP contribution >= 0.6 is 0 Å². The molecule has 0 saturated carbocycles. The van der Waals surface area contributed by atoms with Gasteiger partial charge in [-0.25, -0.2) is 17.9 Å². The predicted octanol–water partition coefficient (Wildman–Crippen LogP) is 2.89. The maximum atomic E-state index is 12.8. The number of nitrogens with zero attached hydrogens (tertiary/aromatic N) is 2. The molecule has 8 nitrogen and oxygen atoms in total. The Morgan fingerprint density at radius 1 is 0.853 bits per heavy atom. The van der Waals surface area contributed by atoms with Crippen molar-refractivity contribution in [3.8, 4) is 0 Å². The van der Waals surface area contributed by atoms with E-state index < -0.39 is 10.0 Å². The van der Waals surface area contributed by atoms with Crippen molar-refractivity contribution in [3.63, 3.8) is 0 Å². The number of aromatic amines is 2. The molecular weight excluding hydrogens is 450 g/mol. The lowest BCUT2D eigenvalue weighted by Crippen LogP contribution is -2.46. The second-order valence-corrected chi connectivity index (χ2v) is 10.4. The smallest absolute Gasteiger partial charge is 0.323 e. The standard InChI is InChI=1S/C25H29N5O3S/c31-25-27-21-10-6-11-22(24(21)28-25)30-17-15-29(16-18-30)14-4-3-13-26-34(32,33)23-12-5-8-19-7-1-2-9-20(19)23/h1-2,5-12,26H,3-4,13-18H2,(H2,27,28,31). The Morgan fingerprint density at radius 3 is 2.47 bits per heavy atom. The van der Waals surface area contributed by atoms with Crippen LogP contribution in [0.4, 0.5) is 5.69 Å². The molecule has 0 amide bonds. The first-order valence-electron chi connectivity index (χ1n) is 11.7. The first-order chi connectivity index (χ1) is 16.5. The Balaban J connectivity index is 1.09. The van der Waals surface area contributed by atoms with Crippen LogP contribution in [0.15, 0.2) is 70.4 Å². The molecule has 9 heteroatoms. The normalized spacial score (nSPS) is 15.4. The zero-order valence-corrected chi connectivity index (χ0v) is 19.8. The van der Waals surface area contributed by atoms with Gasteiger partial charge in [0.25, 0.3) is 0 Å². The van der Waals surface area contributed by atoms with Crippen molar-refractivity contribution < 1.29 is 8.42 Å². The van der Waals surface area contributed by atoms with Gasteiger partial charge in [-0.3, -0.25) is 4.90 Å². The summed E-state index contributed by atoms with van der Waals surface area (Å²) >= 11 is 0. The number of nitrogens with one attached hydrogen (secondary N) is 3. The number of hydrogen-bond donors (Lipinski definition) is 3. The van der Waals surface area contributed by atoms with E-state index in [-0.39, 0.29) is 5.69 Å². The number of fused-ring (bicyclic) bond motifs is 2. The molecule has 2 heterocycles. The number of unbranched alkanes of at least 4 members (excludes halogenated alkanes) is 1. The van der Waals surface area contributed by atoms with Gasteiger partial charge >= 0.3 is 5.69 Å². The quantitative estimate of drug-likeness (QED) is 0.338. The number of H-pyrrole nitrogens is 2. The number of hydrogen-bond acceptors (Lipinski definition) is 5. The molecule has 3 aromatic carbocycles. The van der Waals surface area contributed by atoms with Crippen LogP contribution in [0.5, 0.6) is 0 Å². The van der Waals surface area contributed by atoms with Gasteiger partial charge in [-0.15, -0.1) is 0 Å². The van der Waals surface area contributed by atoms with Crippen molar-refractivity contribution in [2.24, 2.45) is 0 Å². The van der Waals surface area contributed by atoms with Crippen molar-refractivity contribution in [2.75, 3.05) is 44.2 Å². The number of imidazole rings is 1. The van der Waals surface area contributed by atoms with Crippen LogP contribution in [0.25, 0.3) is 21.8 Å². The number of para-hydroxylation sites is 1. The van der Waals surface area contributed by atoms with Crippen LogP contribution in [0.2, 0.25) is 0 Å². The summed E-state index contributed by atoms with van der Waals surface area (Å²) < 4.78 is 28.4. The average molecular weight is 480 g/mol. The molecule has 1 fully saturated rings. The molecule has 4 aromatic rings. The van der Waals surface area contributed by atoms with E-state index in [1.54, 1.807) is 12.1 Å². The molecule has 0 radical (unpaired) electrons. The third-order valence-electron chi connectivity index (χ3n) is 6.47. The maximum Gasteiger partial charge on any atom is 0.323 e. The fourth-order valence-corrected chi connectivity index (χ4v) is 6.00. The second-order valence-electron chi connectivity index (χ2n) is 8.69. The van der Waals surface area contributed by atoms with Crippen LogP contribution < -0.4 is 15.3 Å². The van der Waals surface area contributed by atoms with E-state index in [1.165, 1.54) is 0 Å². The number of sulfonamides is 1. The summed E-state index contributed by atoms with van der Waals surface area (Å²) in [5.74, 6) is 0. The highest BCUT2D eigenvalue weighted by molar-refractivity contribution is 7.89. The van der Waals surface area contributed by atoms with Crippen molar-refractivity contribution in [1.29, 1.82) is 0 Å². The first-order valence-corrected chi connectivity index (χ1v) is 13.2. The fourth-order valence-electron chi connectivity index (χ4n) is 4.69. The minimum Gasteiger partial charge on any atom is -0.367 e. The number of anilines is 1. The van der Waals surface area contributed by atoms with E-state index in [0.29, 0.717) is 11.4 Å². The van der Waals surface area contributed by atoms with Gasteiger partial charge in [-0.2, -0.15) is 0 Å². The van der Waals surface area contributed by atoms with Gasteiger partial charge in [0.15, 0.2) is 0 Å². The molecule has 0 unspecified atom stereocenters. The van der Waals surface area contributed by atoms with E-state index >= 15 is 0 Å². The maximum absolute atomic E-state index is 12.8. The Hall–Kier alpha value is -3.14. The zero-order valence-electron chi connectivity index (χ0n) is 19.0. The number of aromatic nitrogens is 2. The van der Waals surface area contributed by atoms with Crippen LogP contribution in [-0.4, -0.2) is 62.6 Å². The summed E-state index contributed by atoms with van der Waals surface area (Å²) in [4.78, 5) is 22.4. The number of piperazine rings is 1. The molecular formula is C25H29N5O3S. The summed E-state index contributed by atoms with van der Waals surface area (Å²) in [7, 11) is -3.54. The van der Waals surface area contributed by atoms with Gasteiger partial charge in [-0.1, -0.05) is 42.5 Å². The molecule has 5 rings (SSSR count). The van der Waals surface area contributed by atoms with Crippen molar-refractivity contribution >= 4 is 37.5 Å². The predicted molar refractivity (Wildman–Crippen MR) is 136 cm³/mol. The SMILES string of the molecule is O=c1[nH]c2cccc(N3CCN(CCCCNS(=O)(=O)c4cccc5ccccc45)CC3)c2[nH]1. The Labute approximate surface area is 198 Å². The molecule has 0 aliphatic carbocycles. The van der Waals surface area contributed by atoms with Gasteiger partial charge in [0.2, 0.25) is 10.0 Å². The Kier molecular flexibility index (Phi) is 6.40. The summed E-state index contributed by atoms with van der Waals surface area (Å²) in [6, 6.07) is 18.8. The molecule has 0 bridgehead atoms. The zero-order chi connectivity index (χ0) is 23.5. The van der Waals surface area contributed by atoms with E-state index in [0.717, 1.165) is 73.1 Å². The number of rotatable bonds is 8. The summed E-state index contributed by atoms with van der Waals surface area (Å²) in [6.45, 7) is 5.02. The third-order valence-corrected chi connectivity index (χ3v) is 7.99. The van der Waals surface area contributed by atoms with Crippen molar-refractivity contribution in [3.05, 3.63) is 71.1 Å². The van der Waals surface area contributed by atoms with Gasteiger partial charge in [0.1, 0.15) is 0 Å². The highest BCUT2D eigenvalue weighted by Gasteiger charge is 2.20. The molecule has 3 N–H and O–H groups in total. The molecule has 1 aliphatic rings. The van der Waals surface area contributed by atoms with Crippen LogP contribution in [-0.2, 0) is 10.0 Å².